The standard InChI is InChI=1S/C16H31N3O2/c1-6-15(18-10-11-19(5)7-2)16(13-20)17-9-8-12-21-14(3)4/h6,13-14,17-18H,1,7-12H2,2-5H3/b16-15-. The maximum absolute atomic E-state index is 11.2. The summed E-state index contributed by atoms with van der Waals surface area (Å²) in [5.41, 5.74) is 1.30. The second-order valence-electron chi connectivity index (χ2n) is 5.17. The third-order valence-corrected chi connectivity index (χ3v) is 3.05. The van der Waals surface area contributed by atoms with Gasteiger partial charge in [0.05, 0.1) is 17.5 Å². The molecule has 0 rings (SSSR count). The van der Waals surface area contributed by atoms with Crippen LogP contribution in [0.2, 0.25) is 0 Å². The van der Waals surface area contributed by atoms with Crippen LogP contribution in [0, 0.1) is 0 Å². The van der Waals surface area contributed by atoms with Gasteiger partial charge in [0, 0.05) is 26.2 Å². The molecule has 5 heteroatoms. The Labute approximate surface area is 129 Å². The highest BCUT2D eigenvalue weighted by molar-refractivity contribution is 5.74. The van der Waals surface area contributed by atoms with E-state index in [1.165, 1.54) is 0 Å². The molecule has 0 aliphatic heterocycles. The lowest BCUT2D eigenvalue weighted by molar-refractivity contribution is -0.105. The maximum Gasteiger partial charge on any atom is 0.168 e. The van der Waals surface area contributed by atoms with E-state index in [0.29, 0.717) is 18.8 Å². The first-order valence-corrected chi connectivity index (χ1v) is 7.64. The summed E-state index contributed by atoms with van der Waals surface area (Å²) in [4.78, 5) is 13.4. The zero-order valence-corrected chi connectivity index (χ0v) is 13.9. The lowest BCUT2D eigenvalue weighted by atomic mass is 10.3. The van der Waals surface area contributed by atoms with Gasteiger partial charge in [-0.05, 0) is 39.9 Å². The van der Waals surface area contributed by atoms with Crippen molar-refractivity contribution in [1.29, 1.82) is 0 Å². The predicted octanol–water partition coefficient (Wildman–Crippen LogP) is 1.53. The van der Waals surface area contributed by atoms with E-state index in [9.17, 15) is 4.79 Å². The van der Waals surface area contributed by atoms with Gasteiger partial charge in [-0.2, -0.15) is 0 Å². The van der Waals surface area contributed by atoms with Crippen LogP contribution >= 0.6 is 0 Å². The summed E-state index contributed by atoms with van der Waals surface area (Å²) in [7, 11) is 2.06. The molecule has 0 aromatic carbocycles. The molecule has 21 heavy (non-hydrogen) atoms. The molecule has 0 saturated heterocycles. The van der Waals surface area contributed by atoms with Crippen molar-refractivity contribution in [3.05, 3.63) is 24.0 Å². The highest BCUT2D eigenvalue weighted by atomic mass is 16.5. The summed E-state index contributed by atoms with van der Waals surface area (Å²) < 4.78 is 5.46. The molecule has 2 N–H and O–H groups in total. The summed E-state index contributed by atoms with van der Waals surface area (Å²) >= 11 is 0. The number of likely N-dealkylation sites (N-methyl/N-ethyl adjacent to an activating group) is 1. The molecule has 0 aromatic rings. The molecule has 0 heterocycles. The summed E-state index contributed by atoms with van der Waals surface area (Å²) in [6.07, 6.45) is 3.61. The van der Waals surface area contributed by atoms with Crippen LogP contribution in [0.15, 0.2) is 24.0 Å². The SMILES string of the molecule is C=C/C(NCCN(C)CC)=C(\C=O)NCCCOC(C)C. The summed E-state index contributed by atoms with van der Waals surface area (Å²) in [5, 5.41) is 6.37. The monoisotopic (exact) mass is 297 g/mol. The molecule has 0 aliphatic carbocycles. The third-order valence-electron chi connectivity index (χ3n) is 3.05. The van der Waals surface area contributed by atoms with E-state index >= 15 is 0 Å². The molecule has 0 fully saturated rings. The summed E-state index contributed by atoms with van der Waals surface area (Å²) in [5.74, 6) is 0. The second kappa shape index (κ2) is 12.4. The van der Waals surface area contributed by atoms with Crippen LogP contribution in [0.3, 0.4) is 0 Å². The van der Waals surface area contributed by atoms with Gasteiger partial charge in [-0.15, -0.1) is 0 Å². The van der Waals surface area contributed by atoms with Crippen molar-refractivity contribution in [2.24, 2.45) is 0 Å². The van der Waals surface area contributed by atoms with Gasteiger partial charge in [-0.25, -0.2) is 0 Å². The smallest absolute Gasteiger partial charge is 0.168 e. The summed E-state index contributed by atoms with van der Waals surface area (Å²) in [6.45, 7) is 14.0. The van der Waals surface area contributed by atoms with Crippen molar-refractivity contribution in [1.82, 2.24) is 15.5 Å². The van der Waals surface area contributed by atoms with Crippen LogP contribution in [-0.2, 0) is 9.53 Å². The fourth-order valence-electron chi connectivity index (χ4n) is 1.63. The van der Waals surface area contributed by atoms with Gasteiger partial charge >= 0.3 is 0 Å². The Hall–Kier alpha value is -1.33. The number of aldehydes is 1. The largest absolute Gasteiger partial charge is 0.382 e. The topological polar surface area (TPSA) is 53.6 Å². The molecule has 0 spiro atoms. The third kappa shape index (κ3) is 10.1. The Bertz CT molecular complexity index is 327. The van der Waals surface area contributed by atoms with Crippen LogP contribution in [0.1, 0.15) is 27.2 Å². The molecule has 0 amide bonds. The number of nitrogens with zero attached hydrogens (tertiary/aromatic N) is 1. The van der Waals surface area contributed by atoms with Crippen LogP contribution in [-0.4, -0.2) is 57.1 Å². The Morgan fingerprint density at radius 3 is 2.48 bits per heavy atom. The summed E-state index contributed by atoms with van der Waals surface area (Å²) in [6, 6.07) is 0. The van der Waals surface area contributed by atoms with Gasteiger partial charge in [0.2, 0.25) is 0 Å². The van der Waals surface area contributed by atoms with Gasteiger partial charge in [-0.1, -0.05) is 13.5 Å². The zero-order chi connectivity index (χ0) is 16.1. The van der Waals surface area contributed by atoms with E-state index < -0.39 is 0 Å². The molecule has 0 aromatic heterocycles. The number of hydrogen-bond acceptors (Lipinski definition) is 5. The van der Waals surface area contributed by atoms with E-state index in [-0.39, 0.29) is 6.10 Å². The van der Waals surface area contributed by atoms with Crippen LogP contribution in [0.5, 0.6) is 0 Å². The minimum Gasteiger partial charge on any atom is -0.382 e. The minimum absolute atomic E-state index is 0.243. The van der Waals surface area contributed by atoms with Crippen LogP contribution in [0.4, 0.5) is 0 Å². The molecule has 5 nitrogen and oxygen atoms in total. The first-order chi connectivity index (χ1) is 10.0. The van der Waals surface area contributed by atoms with Gasteiger partial charge < -0.3 is 20.3 Å². The van der Waals surface area contributed by atoms with E-state index in [2.05, 4.69) is 36.1 Å². The number of ether oxygens (including phenoxy) is 1. The van der Waals surface area contributed by atoms with Crippen LogP contribution < -0.4 is 10.6 Å². The second-order valence-corrected chi connectivity index (χ2v) is 5.17. The lowest BCUT2D eigenvalue weighted by Gasteiger charge is -2.17. The number of allylic oxidation sites excluding steroid dienone is 2. The highest BCUT2D eigenvalue weighted by Gasteiger charge is 2.03. The first-order valence-electron chi connectivity index (χ1n) is 7.64. The van der Waals surface area contributed by atoms with Crippen molar-refractivity contribution in [3.63, 3.8) is 0 Å². The number of carbonyl (C=O) groups excluding carboxylic acids is 1. The molecular weight excluding hydrogens is 266 g/mol. The molecule has 0 unspecified atom stereocenters. The molecule has 0 atom stereocenters. The Kier molecular flexibility index (Phi) is 11.6. The van der Waals surface area contributed by atoms with Crippen molar-refractivity contribution >= 4 is 6.29 Å². The molecule has 0 radical (unpaired) electrons. The number of hydrogen-bond donors (Lipinski definition) is 2. The predicted molar refractivity (Wildman–Crippen MR) is 88.2 cm³/mol. The van der Waals surface area contributed by atoms with Crippen LogP contribution in [0.25, 0.3) is 0 Å². The average Bonchev–Trinajstić information content (AvgIpc) is 2.47. The van der Waals surface area contributed by atoms with Gasteiger partial charge in [-0.3, -0.25) is 4.79 Å². The highest BCUT2D eigenvalue weighted by Crippen LogP contribution is 1.98. The maximum atomic E-state index is 11.2. The fourth-order valence-corrected chi connectivity index (χ4v) is 1.63. The molecule has 0 aliphatic rings. The van der Waals surface area contributed by atoms with Crippen molar-refractivity contribution in [2.45, 2.75) is 33.3 Å². The average molecular weight is 297 g/mol. The van der Waals surface area contributed by atoms with Gasteiger partial charge in [0.1, 0.15) is 0 Å². The number of carbonyl (C=O) groups is 1. The molecule has 122 valence electrons. The number of nitrogens with one attached hydrogen (secondary N) is 2. The van der Waals surface area contributed by atoms with Crippen molar-refractivity contribution in [3.8, 4) is 0 Å². The van der Waals surface area contributed by atoms with Crippen molar-refractivity contribution < 1.29 is 9.53 Å². The number of rotatable bonds is 13. The first kappa shape index (κ1) is 19.7. The van der Waals surface area contributed by atoms with E-state index in [0.717, 1.165) is 38.0 Å². The van der Waals surface area contributed by atoms with Gasteiger partial charge in [0.25, 0.3) is 0 Å². The normalized spacial score (nSPS) is 12.3. The Morgan fingerprint density at radius 2 is 1.95 bits per heavy atom. The molecule has 0 bridgehead atoms. The van der Waals surface area contributed by atoms with E-state index in [4.69, 9.17) is 4.74 Å². The van der Waals surface area contributed by atoms with Crippen molar-refractivity contribution in [2.75, 3.05) is 39.8 Å². The lowest BCUT2D eigenvalue weighted by Crippen LogP contribution is -2.30. The fraction of sp³-hybridized carbons (Fsp3) is 0.688. The van der Waals surface area contributed by atoms with Gasteiger partial charge in [0.15, 0.2) is 6.29 Å². The zero-order valence-electron chi connectivity index (χ0n) is 13.9. The Balaban J connectivity index is 4.20. The van der Waals surface area contributed by atoms with E-state index in [1.54, 1.807) is 6.08 Å². The minimum atomic E-state index is 0.243. The molecule has 0 saturated carbocycles. The molecular formula is C16H31N3O2. The Morgan fingerprint density at radius 1 is 1.29 bits per heavy atom. The van der Waals surface area contributed by atoms with E-state index in [1.807, 2.05) is 13.8 Å². The quantitative estimate of drug-likeness (QED) is 0.234.